The minimum Gasteiger partial charge on any atom is -0.467 e. The highest BCUT2D eigenvalue weighted by Crippen LogP contribution is 2.10. The lowest BCUT2D eigenvalue weighted by atomic mass is 10.0. The van der Waals surface area contributed by atoms with Gasteiger partial charge in [-0.1, -0.05) is 13.8 Å². The van der Waals surface area contributed by atoms with Crippen molar-refractivity contribution in [1.82, 2.24) is 10.2 Å². The summed E-state index contributed by atoms with van der Waals surface area (Å²) in [5, 5.41) is 2.76. The molecule has 88 valence electrons. The van der Waals surface area contributed by atoms with Crippen LogP contribution in [0.3, 0.4) is 0 Å². The van der Waals surface area contributed by atoms with E-state index >= 15 is 0 Å². The molecular formula is C10H20N2O3. The number of esters is 1. The predicted octanol–water partition coefficient (Wildman–Crippen LogP) is -0.138. The van der Waals surface area contributed by atoms with Gasteiger partial charge in [0.05, 0.1) is 13.7 Å². The second-order valence-electron chi connectivity index (χ2n) is 3.75. The molecule has 1 unspecified atom stereocenters. The maximum Gasteiger partial charge on any atom is 0.328 e. The Morgan fingerprint density at radius 2 is 1.93 bits per heavy atom. The van der Waals surface area contributed by atoms with Gasteiger partial charge in [-0.25, -0.2) is 4.79 Å². The van der Waals surface area contributed by atoms with Crippen LogP contribution in [0.15, 0.2) is 0 Å². The molecule has 0 aromatic rings. The van der Waals surface area contributed by atoms with Gasteiger partial charge in [0, 0.05) is 7.05 Å². The summed E-state index contributed by atoms with van der Waals surface area (Å²) < 4.78 is 4.67. The van der Waals surface area contributed by atoms with Crippen LogP contribution in [0.2, 0.25) is 0 Å². The van der Waals surface area contributed by atoms with Gasteiger partial charge in [0.1, 0.15) is 6.04 Å². The normalized spacial score (nSPS) is 12.4. The highest BCUT2D eigenvalue weighted by molar-refractivity contribution is 5.85. The molecule has 0 bridgehead atoms. The zero-order valence-electron chi connectivity index (χ0n) is 10.0. The van der Waals surface area contributed by atoms with E-state index in [9.17, 15) is 9.59 Å². The first-order chi connectivity index (χ1) is 6.95. The molecule has 0 heterocycles. The summed E-state index contributed by atoms with van der Waals surface area (Å²) in [5.41, 5.74) is 0. The molecule has 0 radical (unpaired) electrons. The summed E-state index contributed by atoms with van der Waals surface area (Å²) in [6.07, 6.45) is 0. The number of rotatable bonds is 5. The summed E-state index contributed by atoms with van der Waals surface area (Å²) >= 11 is 0. The number of nitrogens with zero attached hydrogens (tertiary/aromatic N) is 1. The van der Waals surface area contributed by atoms with Crippen LogP contribution >= 0.6 is 0 Å². The fraction of sp³-hybridized carbons (Fsp3) is 0.800. The van der Waals surface area contributed by atoms with Gasteiger partial charge < -0.3 is 15.0 Å². The maximum atomic E-state index is 11.6. The quantitative estimate of drug-likeness (QED) is 0.650. The number of methoxy groups -OCH3 is 1. The Balaban J connectivity index is 4.62. The molecule has 0 saturated carbocycles. The van der Waals surface area contributed by atoms with E-state index in [0.717, 1.165) is 0 Å². The molecule has 0 aliphatic rings. The second kappa shape index (κ2) is 6.40. The molecule has 1 N–H and O–H groups in total. The van der Waals surface area contributed by atoms with E-state index in [1.54, 1.807) is 14.1 Å². The van der Waals surface area contributed by atoms with Gasteiger partial charge in [-0.05, 0) is 13.0 Å². The first-order valence-electron chi connectivity index (χ1n) is 4.93. The molecule has 0 aliphatic heterocycles. The lowest BCUT2D eigenvalue weighted by molar-refractivity contribution is -0.153. The average Bonchev–Trinajstić information content (AvgIpc) is 2.17. The van der Waals surface area contributed by atoms with Crippen LogP contribution in [-0.4, -0.2) is 50.6 Å². The number of hydrogen-bond acceptors (Lipinski definition) is 4. The molecule has 5 nitrogen and oxygen atoms in total. The Bertz CT molecular complexity index is 229. The van der Waals surface area contributed by atoms with Crippen molar-refractivity contribution in [2.24, 2.45) is 5.92 Å². The Labute approximate surface area is 90.8 Å². The standard InChI is InChI=1S/C10H20N2O3/c1-7(2)9(10(14)15-5)12(4)8(13)6-11-3/h7,9,11H,6H2,1-5H3. The van der Waals surface area contributed by atoms with Crippen molar-refractivity contribution >= 4 is 11.9 Å². The summed E-state index contributed by atoms with van der Waals surface area (Å²) in [4.78, 5) is 24.5. The summed E-state index contributed by atoms with van der Waals surface area (Å²) in [7, 11) is 4.63. The molecule has 0 aromatic heterocycles. The third kappa shape index (κ3) is 3.87. The van der Waals surface area contributed by atoms with E-state index in [1.807, 2.05) is 13.8 Å². The van der Waals surface area contributed by atoms with Gasteiger partial charge in [-0.15, -0.1) is 0 Å². The fourth-order valence-electron chi connectivity index (χ4n) is 1.43. The van der Waals surface area contributed by atoms with E-state index in [0.29, 0.717) is 0 Å². The van der Waals surface area contributed by atoms with E-state index in [4.69, 9.17) is 0 Å². The van der Waals surface area contributed by atoms with Gasteiger partial charge in [0.15, 0.2) is 0 Å². The monoisotopic (exact) mass is 216 g/mol. The number of likely N-dealkylation sites (N-methyl/N-ethyl adjacent to an activating group) is 2. The van der Waals surface area contributed by atoms with Crippen LogP contribution in [0.25, 0.3) is 0 Å². The molecule has 0 aromatic carbocycles. The van der Waals surface area contributed by atoms with Crippen LogP contribution in [0.1, 0.15) is 13.8 Å². The minimum absolute atomic E-state index is 0.0308. The van der Waals surface area contributed by atoms with Gasteiger partial charge in [-0.3, -0.25) is 4.79 Å². The molecular weight excluding hydrogens is 196 g/mol. The highest BCUT2D eigenvalue weighted by Gasteiger charge is 2.29. The summed E-state index contributed by atoms with van der Waals surface area (Å²) in [5.74, 6) is -0.471. The second-order valence-corrected chi connectivity index (χ2v) is 3.75. The van der Waals surface area contributed by atoms with Crippen molar-refractivity contribution in [2.75, 3.05) is 27.7 Å². The van der Waals surface area contributed by atoms with Crippen LogP contribution < -0.4 is 5.32 Å². The van der Waals surface area contributed by atoms with Crippen LogP contribution in [0.4, 0.5) is 0 Å². The highest BCUT2D eigenvalue weighted by atomic mass is 16.5. The maximum absolute atomic E-state index is 11.6. The SMILES string of the molecule is CNCC(=O)N(C)C(C(=O)OC)C(C)C. The lowest BCUT2D eigenvalue weighted by Crippen LogP contribution is -2.48. The molecule has 1 atom stereocenters. The zero-order chi connectivity index (χ0) is 12.0. The largest absolute Gasteiger partial charge is 0.467 e. The predicted molar refractivity (Wildman–Crippen MR) is 57.3 cm³/mol. The first kappa shape index (κ1) is 13.9. The van der Waals surface area contributed by atoms with Gasteiger partial charge in [-0.2, -0.15) is 0 Å². The fourth-order valence-corrected chi connectivity index (χ4v) is 1.43. The number of carbonyl (C=O) groups is 2. The molecule has 1 amide bonds. The van der Waals surface area contributed by atoms with Gasteiger partial charge in [0.2, 0.25) is 5.91 Å². The summed E-state index contributed by atoms with van der Waals surface area (Å²) in [6, 6.07) is -0.518. The van der Waals surface area contributed by atoms with Gasteiger partial charge in [0.25, 0.3) is 0 Å². The lowest BCUT2D eigenvalue weighted by Gasteiger charge is -2.28. The number of amides is 1. The molecule has 0 fully saturated rings. The third-order valence-electron chi connectivity index (χ3n) is 2.21. The van der Waals surface area contributed by atoms with Gasteiger partial charge >= 0.3 is 5.97 Å². The topological polar surface area (TPSA) is 58.6 Å². The van der Waals surface area contributed by atoms with Crippen LogP contribution in [0.5, 0.6) is 0 Å². The smallest absolute Gasteiger partial charge is 0.328 e. The van der Waals surface area contributed by atoms with Crippen LogP contribution in [-0.2, 0) is 14.3 Å². The number of hydrogen-bond donors (Lipinski definition) is 1. The first-order valence-corrected chi connectivity index (χ1v) is 4.93. The van der Waals surface area contributed by atoms with E-state index in [1.165, 1.54) is 12.0 Å². The van der Waals surface area contributed by atoms with Crippen molar-refractivity contribution in [3.63, 3.8) is 0 Å². The summed E-state index contributed by atoms with van der Waals surface area (Å²) in [6.45, 7) is 3.98. The van der Waals surface area contributed by atoms with Crippen molar-refractivity contribution in [3.8, 4) is 0 Å². The molecule has 0 aliphatic carbocycles. The Kier molecular flexibility index (Phi) is 5.93. The van der Waals surface area contributed by atoms with Crippen LogP contribution in [0, 0.1) is 5.92 Å². The van der Waals surface area contributed by atoms with E-state index in [2.05, 4.69) is 10.1 Å². The third-order valence-corrected chi connectivity index (χ3v) is 2.21. The molecule has 0 spiro atoms. The molecule has 5 heteroatoms. The number of nitrogens with one attached hydrogen (secondary N) is 1. The van der Waals surface area contributed by atoms with Crippen molar-refractivity contribution in [2.45, 2.75) is 19.9 Å². The minimum atomic E-state index is -0.518. The average molecular weight is 216 g/mol. The number of carbonyl (C=O) groups excluding carboxylic acids is 2. The van der Waals surface area contributed by atoms with E-state index < -0.39 is 6.04 Å². The molecule has 15 heavy (non-hydrogen) atoms. The van der Waals surface area contributed by atoms with E-state index in [-0.39, 0.29) is 24.3 Å². The Morgan fingerprint density at radius 3 is 2.27 bits per heavy atom. The Hall–Kier alpha value is -1.10. The zero-order valence-corrected chi connectivity index (χ0v) is 10.0. The Morgan fingerprint density at radius 1 is 1.40 bits per heavy atom. The van der Waals surface area contributed by atoms with Crippen molar-refractivity contribution in [1.29, 1.82) is 0 Å². The van der Waals surface area contributed by atoms with Crippen molar-refractivity contribution in [3.05, 3.63) is 0 Å². The number of ether oxygens (including phenoxy) is 1. The molecule has 0 rings (SSSR count). The van der Waals surface area contributed by atoms with Crippen molar-refractivity contribution < 1.29 is 14.3 Å². The molecule has 0 saturated heterocycles.